The van der Waals surface area contributed by atoms with Gasteiger partial charge >= 0.3 is 0 Å². The van der Waals surface area contributed by atoms with Crippen molar-refractivity contribution in [2.45, 2.75) is 49.9 Å². The molecule has 1 spiro atoms. The summed E-state index contributed by atoms with van der Waals surface area (Å²) in [5.74, 6) is 0.0420. The standard InChI is InChI=1S/C19H19B2N5O2/c1-9-13-14(24-11-7-12(22)23-8-10(11)19(13,20)21)17(28)26-15(9)16(27)25-18(26)5-3-2-4-6-18/h7-8,24H,2-6H2,1H3,(H2,22,23)(H,25,27). The Bertz CT molecular complexity index is 1100. The van der Waals surface area contributed by atoms with Crippen molar-refractivity contribution >= 4 is 38.8 Å². The second-order valence-corrected chi connectivity index (χ2v) is 8.06. The molecule has 4 radical (unpaired) electrons. The summed E-state index contributed by atoms with van der Waals surface area (Å²) in [7, 11) is 13.0. The Morgan fingerprint density at radius 1 is 1.21 bits per heavy atom. The van der Waals surface area contributed by atoms with E-state index >= 15 is 0 Å². The van der Waals surface area contributed by atoms with Gasteiger partial charge in [0.2, 0.25) is 0 Å². The van der Waals surface area contributed by atoms with Gasteiger partial charge in [0.05, 0.1) is 15.7 Å². The highest BCUT2D eigenvalue weighted by Gasteiger charge is 2.48. The molecule has 5 rings (SSSR count). The average molecular weight is 371 g/mol. The molecule has 0 saturated heterocycles. The molecule has 0 aromatic carbocycles. The number of hydrogen-bond donors (Lipinski definition) is 3. The van der Waals surface area contributed by atoms with Gasteiger partial charge in [0, 0.05) is 18.0 Å². The quantitative estimate of drug-likeness (QED) is 0.602. The van der Waals surface area contributed by atoms with Crippen LogP contribution in [-0.2, 0) is 10.9 Å². The van der Waals surface area contributed by atoms with Crippen molar-refractivity contribution in [3.63, 3.8) is 0 Å². The molecule has 138 valence electrons. The van der Waals surface area contributed by atoms with Gasteiger partial charge in [-0.3, -0.25) is 14.2 Å². The van der Waals surface area contributed by atoms with Gasteiger partial charge in [0.15, 0.2) is 0 Å². The largest absolute Gasteiger partial charge is 0.384 e. The number of nitrogen functional groups attached to an aromatic ring is 1. The van der Waals surface area contributed by atoms with E-state index in [-0.39, 0.29) is 11.5 Å². The number of anilines is 3. The Hall–Kier alpha value is -2.70. The molecule has 1 fully saturated rings. The predicted molar refractivity (Wildman–Crippen MR) is 108 cm³/mol. The van der Waals surface area contributed by atoms with Crippen LogP contribution in [0.15, 0.2) is 17.1 Å². The SMILES string of the molecule is [B]C1([B])c2cnc(N)cc2Nc2c1c(C)c1n(c2=O)C2(CCCCC2)NC1=O. The van der Waals surface area contributed by atoms with Gasteiger partial charge in [-0.2, -0.15) is 0 Å². The average Bonchev–Trinajstić information content (AvgIpc) is 2.91. The molecule has 28 heavy (non-hydrogen) atoms. The van der Waals surface area contributed by atoms with Gasteiger partial charge in [-0.15, -0.1) is 0 Å². The van der Waals surface area contributed by atoms with Crippen LogP contribution in [0.25, 0.3) is 0 Å². The summed E-state index contributed by atoms with van der Waals surface area (Å²) in [6.07, 6.45) is 5.98. The lowest BCUT2D eigenvalue weighted by molar-refractivity contribution is 0.0876. The molecule has 0 unspecified atom stereocenters. The first kappa shape index (κ1) is 17.4. The number of hydrogen-bond acceptors (Lipinski definition) is 5. The third-order valence-corrected chi connectivity index (χ3v) is 6.33. The van der Waals surface area contributed by atoms with Crippen LogP contribution in [0.1, 0.15) is 59.3 Å². The zero-order valence-corrected chi connectivity index (χ0v) is 15.6. The Morgan fingerprint density at radius 2 is 1.93 bits per heavy atom. The number of aromatic nitrogens is 2. The van der Waals surface area contributed by atoms with E-state index in [4.69, 9.17) is 21.4 Å². The first-order chi connectivity index (χ1) is 13.3. The summed E-state index contributed by atoms with van der Waals surface area (Å²) in [6.45, 7) is 1.79. The normalized spacial score (nSPS) is 20.7. The summed E-state index contributed by atoms with van der Waals surface area (Å²) in [4.78, 5) is 30.6. The molecule has 3 aliphatic rings. The Labute approximate surface area is 164 Å². The summed E-state index contributed by atoms with van der Waals surface area (Å²) in [5.41, 5.74) is 7.59. The molecule has 0 atom stereocenters. The molecular weight excluding hydrogens is 352 g/mol. The third kappa shape index (κ3) is 2.04. The smallest absolute Gasteiger partial charge is 0.277 e. The van der Waals surface area contributed by atoms with Gasteiger partial charge in [-0.05, 0) is 54.5 Å². The molecule has 4 heterocycles. The first-order valence-electron chi connectivity index (χ1n) is 9.50. The minimum absolute atomic E-state index is 0.253. The van der Waals surface area contributed by atoms with Crippen LogP contribution in [0, 0.1) is 6.92 Å². The van der Waals surface area contributed by atoms with Crippen LogP contribution in [0.4, 0.5) is 17.2 Å². The van der Waals surface area contributed by atoms with Crippen molar-refractivity contribution in [2.24, 2.45) is 0 Å². The number of nitrogens with zero attached hydrogens (tertiary/aromatic N) is 2. The number of nitrogens with one attached hydrogen (secondary N) is 2. The van der Waals surface area contributed by atoms with Crippen molar-refractivity contribution in [1.29, 1.82) is 0 Å². The fourth-order valence-electron chi connectivity index (χ4n) is 5.09. The van der Waals surface area contributed by atoms with Crippen molar-refractivity contribution in [3.8, 4) is 0 Å². The zero-order valence-electron chi connectivity index (χ0n) is 15.6. The van der Waals surface area contributed by atoms with Gasteiger partial charge in [0.1, 0.15) is 22.9 Å². The number of pyridine rings is 2. The number of rotatable bonds is 0. The number of carbonyl (C=O) groups excluding carboxylic acids is 1. The van der Waals surface area contributed by atoms with Gasteiger partial charge < -0.3 is 16.4 Å². The lowest BCUT2D eigenvalue weighted by Gasteiger charge is -2.40. The van der Waals surface area contributed by atoms with Crippen LogP contribution in [0.5, 0.6) is 0 Å². The lowest BCUT2D eigenvalue weighted by Crippen LogP contribution is -2.49. The maximum absolute atomic E-state index is 13.6. The van der Waals surface area contributed by atoms with Gasteiger partial charge in [-0.1, -0.05) is 6.42 Å². The monoisotopic (exact) mass is 371 g/mol. The van der Waals surface area contributed by atoms with E-state index in [2.05, 4.69) is 15.6 Å². The molecule has 2 aromatic heterocycles. The fraction of sp³-hybridized carbons (Fsp3) is 0.421. The maximum atomic E-state index is 13.6. The molecule has 7 nitrogen and oxygen atoms in total. The van der Waals surface area contributed by atoms with Crippen molar-refractivity contribution in [2.75, 3.05) is 11.1 Å². The molecule has 4 N–H and O–H groups in total. The van der Waals surface area contributed by atoms with Crippen molar-refractivity contribution < 1.29 is 4.79 Å². The minimum atomic E-state index is -1.47. The summed E-state index contributed by atoms with van der Waals surface area (Å²) >= 11 is 0. The lowest BCUT2D eigenvalue weighted by atomic mass is 9.46. The molecule has 1 saturated carbocycles. The van der Waals surface area contributed by atoms with Gasteiger partial charge in [0.25, 0.3) is 11.5 Å². The molecule has 1 aliphatic carbocycles. The Morgan fingerprint density at radius 3 is 2.64 bits per heavy atom. The summed E-state index contributed by atoms with van der Waals surface area (Å²) < 4.78 is 1.63. The summed E-state index contributed by atoms with van der Waals surface area (Å²) in [6, 6.07) is 1.61. The molecule has 1 amide bonds. The molecule has 2 aliphatic heterocycles. The van der Waals surface area contributed by atoms with E-state index in [9.17, 15) is 9.59 Å². The van der Waals surface area contributed by atoms with Crippen LogP contribution in [-0.4, -0.2) is 31.2 Å². The minimum Gasteiger partial charge on any atom is -0.384 e. The molecule has 0 bridgehead atoms. The molecule has 2 aromatic rings. The molecular formula is C19H19B2N5O2. The molecule has 9 heteroatoms. The zero-order chi connectivity index (χ0) is 19.8. The highest BCUT2D eigenvalue weighted by atomic mass is 16.2. The topological polar surface area (TPSA) is 102 Å². The Balaban J connectivity index is 1.83. The second kappa shape index (κ2) is 5.43. The van der Waals surface area contributed by atoms with Gasteiger partial charge in [-0.25, -0.2) is 4.98 Å². The highest BCUT2D eigenvalue weighted by Crippen LogP contribution is 2.45. The van der Waals surface area contributed by atoms with E-state index < -0.39 is 10.9 Å². The maximum Gasteiger partial charge on any atom is 0.277 e. The number of carbonyl (C=O) groups is 1. The highest BCUT2D eigenvalue weighted by molar-refractivity contribution is 6.44. The van der Waals surface area contributed by atoms with Crippen LogP contribution >= 0.6 is 0 Å². The second-order valence-electron chi connectivity index (χ2n) is 8.06. The van der Waals surface area contributed by atoms with Crippen LogP contribution < -0.4 is 21.9 Å². The number of fused-ring (bicyclic) bond motifs is 4. The Kier molecular flexibility index (Phi) is 3.37. The van der Waals surface area contributed by atoms with E-state index in [1.165, 1.54) is 6.20 Å². The van der Waals surface area contributed by atoms with E-state index in [1.807, 2.05) is 0 Å². The first-order valence-corrected chi connectivity index (χ1v) is 9.50. The number of nitrogens with two attached hydrogens (primary N) is 1. The predicted octanol–water partition coefficient (Wildman–Crippen LogP) is 1.09. The van der Waals surface area contributed by atoms with Crippen LogP contribution in [0.2, 0.25) is 0 Å². The number of amides is 1. The van der Waals surface area contributed by atoms with E-state index in [0.29, 0.717) is 39.6 Å². The summed E-state index contributed by atoms with van der Waals surface area (Å²) in [5, 5.41) is 4.77. The van der Waals surface area contributed by atoms with Crippen molar-refractivity contribution in [3.05, 3.63) is 45.0 Å². The fourth-order valence-corrected chi connectivity index (χ4v) is 5.09. The van der Waals surface area contributed by atoms with E-state index in [0.717, 1.165) is 32.1 Å². The van der Waals surface area contributed by atoms with Crippen molar-refractivity contribution in [1.82, 2.24) is 14.9 Å². The van der Waals surface area contributed by atoms with E-state index in [1.54, 1.807) is 17.6 Å². The third-order valence-electron chi connectivity index (χ3n) is 6.33. The van der Waals surface area contributed by atoms with Crippen LogP contribution in [0.3, 0.4) is 0 Å².